The molecular formula is C26H25N7O4. The highest BCUT2D eigenvalue weighted by Gasteiger charge is 2.18. The van der Waals surface area contributed by atoms with Gasteiger partial charge in [-0.1, -0.05) is 6.07 Å². The molecule has 0 aliphatic rings. The first kappa shape index (κ1) is 23.8. The van der Waals surface area contributed by atoms with Crippen LogP contribution in [0.1, 0.15) is 27.2 Å². The summed E-state index contributed by atoms with van der Waals surface area (Å²) in [5, 5.41) is 12.0. The van der Waals surface area contributed by atoms with Crippen LogP contribution in [0.2, 0.25) is 0 Å². The standard InChI is InChI=1S/C26H25N7O4/c1-14-6-8-18(10-15(14)2)32-23-19(13-27-32)25(35)30-26(29-23)33-22(11-16(3)31-33)28-24(34)17-7-9-20(36-4)21(12-17)37-5/h6-13H,1-5H3,(H,28,34)(H,29,30,35). The Morgan fingerprint density at radius 1 is 0.946 bits per heavy atom. The third-order valence-corrected chi connectivity index (χ3v) is 6.08. The average molecular weight is 500 g/mol. The zero-order valence-corrected chi connectivity index (χ0v) is 21.0. The number of fused-ring (bicyclic) bond motifs is 1. The fraction of sp³-hybridized carbons (Fsp3) is 0.192. The van der Waals surface area contributed by atoms with E-state index in [2.05, 4.69) is 25.5 Å². The van der Waals surface area contributed by atoms with E-state index >= 15 is 0 Å². The molecule has 3 aromatic heterocycles. The molecule has 0 aliphatic heterocycles. The highest BCUT2D eigenvalue weighted by atomic mass is 16.5. The molecule has 5 aromatic rings. The number of rotatable bonds is 6. The zero-order chi connectivity index (χ0) is 26.3. The van der Waals surface area contributed by atoms with E-state index in [1.807, 2.05) is 32.0 Å². The second kappa shape index (κ2) is 9.26. The van der Waals surface area contributed by atoms with Crippen molar-refractivity contribution in [1.82, 2.24) is 29.5 Å². The van der Waals surface area contributed by atoms with Crippen LogP contribution in [0.5, 0.6) is 11.5 Å². The quantitative estimate of drug-likeness (QED) is 0.366. The molecule has 0 spiro atoms. The van der Waals surface area contributed by atoms with Gasteiger partial charge < -0.3 is 14.8 Å². The number of carbonyl (C=O) groups excluding carboxylic acids is 1. The normalized spacial score (nSPS) is 11.1. The first-order valence-corrected chi connectivity index (χ1v) is 11.4. The third kappa shape index (κ3) is 4.31. The molecule has 11 heteroatoms. The van der Waals surface area contributed by atoms with Crippen molar-refractivity contribution in [1.29, 1.82) is 0 Å². The number of hydrogen-bond donors (Lipinski definition) is 2. The van der Waals surface area contributed by atoms with Gasteiger partial charge in [0.1, 0.15) is 11.2 Å². The van der Waals surface area contributed by atoms with Crippen LogP contribution in [0, 0.1) is 20.8 Å². The summed E-state index contributed by atoms with van der Waals surface area (Å²) >= 11 is 0. The molecule has 0 fully saturated rings. The summed E-state index contributed by atoms with van der Waals surface area (Å²) in [6, 6.07) is 12.4. The molecule has 0 aliphatic carbocycles. The van der Waals surface area contributed by atoms with Gasteiger partial charge >= 0.3 is 0 Å². The van der Waals surface area contributed by atoms with Crippen molar-refractivity contribution in [3.05, 3.63) is 81.4 Å². The second-order valence-electron chi connectivity index (χ2n) is 8.56. The Balaban J connectivity index is 1.55. The van der Waals surface area contributed by atoms with Crippen LogP contribution in [0.15, 0.2) is 53.5 Å². The van der Waals surface area contributed by atoms with Gasteiger partial charge in [-0.3, -0.25) is 14.6 Å². The van der Waals surface area contributed by atoms with Gasteiger partial charge in [-0.25, -0.2) is 4.68 Å². The summed E-state index contributed by atoms with van der Waals surface area (Å²) in [4.78, 5) is 33.4. The Kier molecular flexibility index (Phi) is 5.96. The number of methoxy groups -OCH3 is 2. The van der Waals surface area contributed by atoms with Gasteiger partial charge in [-0.15, -0.1) is 0 Å². The molecule has 37 heavy (non-hydrogen) atoms. The molecule has 0 atom stereocenters. The lowest BCUT2D eigenvalue weighted by atomic mass is 10.1. The first-order valence-electron chi connectivity index (χ1n) is 11.4. The number of hydrogen-bond acceptors (Lipinski definition) is 7. The Bertz CT molecular complexity index is 1710. The molecule has 0 saturated carbocycles. The Hall–Kier alpha value is -4.93. The van der Waals surface area contributed by atoms with Gasteiger partial charge in [-0.2, -0.15) is 19.9 Å². The van der Waals surface area contributed by atoms with Gasteiger partial charge in [-0.05, 0) is 62.2 Å². The van der Waals surface area contributed by atoms with Gasteiger partial charge in [0, 0.05) is 11.6 Å². The Labute approximate surface area is 211 Å². The predicted octanol–water partition coefficient (Wildman–Crippen LogP) is 3.49. The number of carbonyl (C=O) groups is 1. The predicted molar refractivity (Wildman–Crippen MR) is 138 cm³/mol. The number of ether oxygens (including phenoxy) is 2. The van der Waals surface area contributed by atoms with E-state index in [0.717, 1.165) is 16.8 Å². The van der Waals surface area contributed by atoms with Crippen molar-refractivity contribution >= 4 is 22.8 Å². The smallest absolute Gasteiger partial charge is 0.263 e. The number of aromatic amines is 1. The number of anilines is 1. The molecular weight excluding hydrogens is 474 g/mol. The average Bonchev–Trinajstić information content (AvgIpc) is 3.48. The SMILES string of the molecule is COc1ccc(C(=O)Nc2cc(C)nn2-c2nc3c(cnn3-c3ccc(C)c(C)c3)c(=O)[nH]2)cc1OC. The molecule has 1 amide bonds. The van der Waals surface area contributed by atoms with E-state index in [4.69, 9.17) is 9.47 Å². The highest BCUT2D eigenvalue weighted by molar-refractivity contribution is 6.04. The van der Waals surface area contributed by atoms with E-state index in [9.17, 15) is 9.59 Å². The van der Waals surface area contributed by atoms with Gasteiger partial charge in [0.2, 0.25) is 5.95 Å². The van der Waals surface area contributed by atoms with Crippen LogP contribution in [0.4, 0.5) is 5.82 Å². The van der Waals surface area contributed by atoms with Crippen LogP contribution in [0.25, 0.3) is 22.7 Å². The summed E-state index contributed by atoms with van der Waals surface area (Å²) in [6.45, 7) is 5.81. The molecule has 11 nitrogen and oxygen atoms in total. The fourth-order valence-corrected chi connectivity index (χ4v) is 3.97. The van der Waals surface area contributed by atoms with E-state index in [1.54, 1.807) is 35.9 Å². The molecule has 3 heterocycles. The minimum atomic E-state index is -0.397. The highest BCUT2D eigenvalue weighted by Crippen LogP contribution is 2.28. The molecule has 0 saturated heterocycles. The van der Waals surface area contributed by atoms with E-state index in [1.165, 1.54) is 25.1 Å². The first-order chi connectivity index (χ1) is 17.8. The fourth-order valence-electron chi connectivity index (χ4n) is 3.97. The lowest BCUT2D eigenvalue weighted by Gasteiger charge is -2.11. The molecule has 0 unspecified atom stereocenters. The van der Waals surface area contributed by atoms with Crippen molar-refractivity contribution in [3.8, 4) is 23.1 Å². The zero-order valence-electron chi connectivity index (χ0n) is 21.0. The van der Waals surface area contributed by atoms with Crippen LogP contribution in [-0.2, 0) is 0 Å². The monoisotopic (exact) mass is 499 g/mol. The minimum absolute atomic E-state index is 0.138. The van der Waals surface area contributed by atoms with E-state index < -0.39 is 5.91 Å². The summed E-state index contributed by atoms with van der Waals surface area (Å²) in [5.74, 6) is 1.01. The van der Waals surface area contributed by atoms with Crippen LogP contribution in [0.3, 0.4) is 0 Å². The summed E-state index contributed by atoms with van der Waals surface area (Å²) in [7, 11) is 3.02. The van der Waals surface area contributed by atoms with Crippen molar-refractivity contribution < 1.29 is 14.3 Å². The number of aromatic nitrogens is 6. The molecule has 0 radical (unpaired) electrons. The molecule has 0 bridgehead atoms. The summed E-state index contributed by atoms with van der Waals surface area (Å²) in [6.07, 6.45) is 1.48. The summed E-state index contributed by atoms with van der Waals surface area (Å²) < 4.78 is 13.5. The molecule has 5 rings (SSSR count). The number of benzene rings is 2. The maximum absolute atomic E-state index is 13.1. The minimum Gasteiger partial charge on any atom is -0.493 e. The number of amides is 1. The number of aryl methyl sites for hydroxylation is 3. The lowest BCUT2D eigenvalue weighted by molar-refractivity contribution is 0.102. The van der Waals surface area contributed by atoms with Crippen LogP contribution >= 0.6 is 0 Å². The summed E-state index contributed by atoms with van der Waals surface area (Å²) in [5.41, 5.74) is 3.98. The van der Waals surface area contributed by atoms with E-state index in [0.29, 0.717) is 39.6 Å². The largest absolute Gasteiger partial charge is 0.493 e. The molecule has 188 valence electrons. The van der Waals surface area contributed by atoms with E-state index in [-0.39, 0.29) is 11.5 Å². The number of nitrogens with zero attached hydrogens (tertiary/aromatic N) is 5. The van der Waals surface area contributed by atoms with Crippen molar-refractivity contribution in [2.75, 3.05) is 19.5 Å². The molecule has 2 aromatic carbocycles. The Morgan fingerprint density at radius 3 is 2.46 bits per heavy atom. The maximum atomic E-state index is 13.1. The van der Waals surface area contributed by atoms with Gasteiger partial charge in [0.25, 0.3) is 11.5 Å². The number of H-pyrrole nitrogens is 1. The van der Waals surface area contributed by atoms with Gasteiger partial charge in [0.15, 0.2) is 17.1 Å². The molecule has 2 N–H and O–H groups in total. The third-order valence-electron chi connectivity index (χ3n) is 6.08. The van der Waals surface area contributed by atoms with Crippen LogP contribution < -0.4 is 20.3 Å². The Morgan fingerprint density at radius 2 is 1.73 bits per heavy atom. The van der Waals surface area contributed by atoms with Crippen LogP contribution in [-0.4, -0.2) is 49.7 Å². The van der Waals surface area contributed by atoms with Crippen molar-refractivity contribution in [2.45, 2.75) is 20.8 Å². The topological polar surface area (TPSA) is 129 Å². The second-order valence-corrected chi connectivity index (χ2v) is 8.56. The van der Waals surface area contributed by atoms with Crippen molar-refractivity contribution in [2.24, 2.45) is 0 Å². The van der Waals surface area contributed by atoms with Gasteiger partial charge in [0.05, 0.1) is 31.8 Å². The lowest BCUT2D eigenvalue weighted by Crippen LogP contribution is -2.19. The number of nitrogens with one attached hydrogen (secondary N) is 2. The van der Waals surface area contributed by atoms with Crippen molar-refractivity contribution in [3.63, 3.8) is 0 Å². The maximum Gasteiger partial charge on any atom is 0.263 e.